The maximum atomic E-state index is 11.8. The average molecular weight is 339 g/mol. The highest BCUT2D eigenvalue weighted by atomic mass is 35.5. The molecule has 2 bridgehead atoms. The molecule has 0 saturated heterocycles. The first-order chi connectivity index (χ1) is 9.35. The van der Waals surface area contributed by atoms with Crippen LogP contribution in [0.15, 0.2) is 0 Å². The molecule has 1 amide bonds. The third-order valence-corrected chi connectivity index (χ3v) is 5.81. The minimum atomic E-state index is -3.05. The summed E-state index contributed by atoms with van der Waals surface area (Å²) in [6, 6.07) is -0.718. The van der Waals surface area contributed by atoms with Gasteiger partial charge in [0.25, 0.3) is 0 Å². The zero-order valence-corrected chi connectivity index (χ0v) is 14.2. The van der Waals surface area contributed by atoms with Crippen molar-refractivity contribution in [3.63, 3.8) is 0 Å². The lowest BCUT2D eigenvalue weighted by atomic mass is 9.86. The Morgan fingerprint density at radius 1 is 1.33 bits per heavy atom. The van der Waals surface area contributed by atoms with Gasteiger partial charge in [-0.1, -0.05) is 6.42 Å². The molecule has 21 heavy (non-hydrogen) atoms. The molecule has 2 rings (SSSR count). The topological polar surface area (TPSA) is 89.3 Å². The third-order valence-electron chi connectivity index (χ3n) is 4.84. The number of sulfone groups is 1. The monoisotopic (exact) mass is 338 g/mol. The Bertz CT molecular complexity index is 455. The van der Waals surface area contributed by atoms with E-state index < -0.39 is 15.9 Å². The van der Waals surface area contributed by atoms with E-state index in [2.05, 4.69) is 5.32 Å². The fourth-order valence-electron chi connectivity index (χ4n) is 3.71. The van der Waals surface area contributed by atoms with Crippen molar-refractivity contribution in [2.75, 3.05) is 18.6 Å². The summed E-state index contributed by atoms with van der Waals surface area (Å²) in [5.74, 6) is 2.31. The van der Waals surface area contributed by atoms with Crippen molar-refractivity contribution in [2.45, 2.75) is 44.6 Å². The molecule has 4 atom stereocenters. The van der Waals surface area contributed by atoms with E-state index in [9.17, 15) is 13.2 Å². The van der Waals surface area contributed by atoms with Gasteiger partial charge < -0.3 is 11.1 Å². The minimum absolute atomic E-state index is 0. The number of nitrogens with two attached hydrogens (primary N) is 1. The molecular weight excluding hydrogens is 312 g/mol. The van der Waals surface area contributed by atoms with Crippen LogP contribution in [0.5, 0.6) is 0 Å². The van der Waals surface area contributed by atoms with Crippen LogP contribution in [0, 0.1) is 17.8 Å². The first-order valence-corrected chi connectivity index (χ1v) is 9.62. The van der Waals surface area contributed by atoms with Gasteiger partial charge in [-0.05, 0) is 49.9 Å². The second kappa shape index (κ2) is 7.79. The molecule has 2 saturated carbocycles. The van der Waals surface area contributed by atoms with E-state index in [0.717, 1.165) is 30.4 Å². The van der Waals surface area contributed by atoms with Crippen LogP contribution in [0.2, 0.25) is 0 Å². The molecule has 2 aliphatic rings. The van der Waals surface area contributed by atoms with Gasteiger partial charge in [0.1, 0.15) is 9.84 Å². The van der Waals surface area contributed by atoms with E-state index in [1.807, 2.05) is 0 Å². The van der Waals surface area contributed by atoms with E-state index in [-0.39, 0.29) is 30.5 Å². The number of fused-ring (bicyclic) bond motifs is 2. The Hall–Kier alpha value is -0.330. The fraction of sp³-hybridized carbons (Fsp3) is 0.929. The maximum Gasteiger partial charge on any atom is 0.236 e. The quantitative estimate of drug-likeness (QED) is 0.727. The zero-order valence-electron chi connectivity index (χ0n) is 12.6. The lowest BCUT2D eigenvalue weighted by Gasteiger charge is -2.22. The van der Waals surface area contributed by atoms with Crippen LogP contribution in [0.4, 0.5) is 0 Å². The number of carbonyl (C=O) groups is 1. The van der Waals surface area contributed by atoms with Crippen molar-refractivity contribution in [3.05, 3.63) is 0 Å². The van der Waals surface area contributed by atoms with Crippen LogP contribution in [0.25, 0.3) is 0 Å². The van der Waals surface area contributed by atoms with E-state index in [1.54, 1.807) is 0 Å². The number of rotatable bonds is 7. The van der Waals surface area contributed by atoms with Gasteiger partial charge in [-0.2, -0.15) is 0 Å². The number of hydrogen-bond acceptors (Lipinski definition) is 4. The van der Waals surface area contributed by atoms with Gasteiger partial charge in [0.05, 0.1) is 11.8 Å². The number of nitrogens with one attached hydrogen (secondary N) is 1. The van der Waals surface area contributed by atoms with Crippen molar-refractivity contribution >= 4 is 28.2 Å². The Kier molecular flexibility index (Phi) is 6.94. The normalized spacial score (nSPS) is 29.0. The highest BCUT2D eigenvalue weighted by Crippen LogP contribution is 2.49. The van der Waals surface area contributed by atoms with E-state index in [0.29, 0.717) is 6.54 Å². The van der Waals surface area contributed by atoms with Crippen molar-refractivity contribution < 1.29 is 13.2 Å². The summed E-state index contributed by atoms with van der Waals surface area (Å²) in [6.45, 7) is 0.666. The summed E-state index contributed by atoms with van der Waals surface area (Å²) in [4.78, 5) is 11.8. The summed E-state index contributed by atoms with van der Waals surface area (Å²) in [6.07, 6.45) is 7.84. The van der Waals surface area contributed by atoms with Crippen LogP contribution in [0.1, 0.15) is 38.5 Å². The number of amides is 1. The fourth-order valence-corrected chi connectivity index (χ4v) is 4.40. The van der Waals surface area contributed by atoms with Crippen LogP contribution < -0.4 is 11.1 Å². The molecule has 0 aliphatic heterocycles. The summed E-state index contributed by atoms with van der Waals surface area (Å²) >= 11 is 0. The molecule has 0 radical (unpaired) electrons. The Labute approximate surface area is 133 Å². The van der Waals surface area contributed by atoms with Crippen molar-refractivity contribution in [3.8, 4) is 0 Å². The van der Waals surface area contributed by atoms with Crippen LogP contribution in [0.3, 0.4) is 0 Å². The molecule has 7 heteroatoms. The predicted octanol–water partition coefficient (Wildman–Crippen LogP) is 1.11. The molecule has 2 fully saturated rings. The van der Waals surface area contributed by atoms with E-state index in [1.165, 1.54) is 25.7 Å². The van der Waals surface area contributed by atoms with E-state index in [4.69, 9.17) is 5.73 Å². The Balaban J connectivity index is 0.00000220. The molecule has 0 spiro atoms. The van der Waals surface area contributed by atoms with Crippen LogP contribution >= 0.6 is 12.4 Å². The van der Waals surface area contributed by atoms with Crippen LogP contribution in [-0.4, -0.2) is 38.9 Å². The van der Waals surface area contributed by atoms with Gasteiger partial charge in [-0.15, -0.1) is 12.4 Å². The molecule has 3 N–H and O–H groups in total. The largest absolute Gasteiger partial charge is 0.355 e. The van der Waals surface area contributed by atoms with Gasteiger partial charge in [0.2, 0.25) is 5.91 Å². The summed E-state index contributed by atoms with van der Waals surface area (Å²) in [7, 11) is -3.05. The molecule has 0 heterocycles. The first kappa shape index (κ1) is 18.7. The molecule has 124 valence electrons. The van der Waals surface area contributed by atoms with Gasteiger partial charge in [-0.3, -0.25) is 4.79 Å². The SMILES string of the molecule is CS(=O)(=O)CCC(N)C(=O)NCCC1CC2CCC1C2.Cl. The highest BCUT2D eigenvalue weighted by Gasteiger charge is 2.38. The summed E-state index contributed by atoms with van der Waals surface area (Å²) < 4.78 is 22.1. The molecule has 2 aliphatic carbocycles. The van der Waals surface area contributed by atoms with Gasteiger partial charge >= 0.3 is 0 Å². The zero-order chi connectivity index (χ0) is 14.8. The van der Waals surface area contributed by atoms with Gasteiger partial charge in [0.15, 0.2) is 0 Å². The predicted molar refractivity (Wildman–Crippen MR) is 86.1 cm³/mol. The molecule has 4 unspecified atom stereocenters. The lowest BCUT2D eigenvalue weighted by Crippen LogP contribution is -2.42. The summed E-state index contributed by atoms with van der Waals surface area (Å²) in [5.41, 5.74) is 5.70. The van der Waals surface area contributed by atoms with Crippen molar-refractivity contribution in [1.82, 2.24) is 5.32 Å². The number of hydrogen-bond donors (Lipinski definition) is 2. The summed E-state index contributed by atoms with van der Waals surface area (Å²) in [5, 5.41) is 2.85. The third kappa shape index (κ3) is 5.75. The van der Waals surface area contributed by atoms with Crippen molar-refractivity contribution in [2.24, 2.45) is 23.5 Å². The second-order valence-electron chi connectivity index (χ2n) is 6.54. The highest BCUT2D eigenvalue weighted by molar-refractivity contribution is 7.90. The van der Waals surface area contributed by atoms with Crippen molar-refractivity contribution in [1.29, 1.82) is 0 Å². The van der Waals surface area contributed by atoms with Crippen LogP contribution in [-0.2, 0) is 14.6 Å². The molecule has 0 aromatic rings. The average Bonchev–Trinajstić information content (AvgIpc) is 2.97. The number of carbonyl (C=O) groups excluding carboxylic acids is 1. The molecular formula is C14H27ClN2O3S. The Morgan fingerprint density at radius 3 is 2.57 bits per heavy atom. The van der Waals surface area contributed by atoms with Gasteiger partial charge in [-0.25, -0.2) is 8.42 Å². The molecule has 5 nitrogen and oxygen atoms in total. The standard InChI is InChI=1S/C14H26N2O3S.ClH/c1-20(18,19)7-5-13(15)14(17)16-6-4-12-9-10-2-3-11(12)8-10;/h10-13H,2-9,15H2,1H3,(H,16,17);1H. The van der Waals surface area contributed by atoms with E-state index >= 15 is 0 Å². The smallest absolute Gasteiger partial charge is 0.236 e. The minimum Gasteiger partial charge on any atom is -0.355 e. The van der Waals surface area contributed by atoms with Gasteiger partial charge in [0, 0.05) is 12.8 Å². The molecule has 0 aromatic heterocycles. The second-order valence-corrected chi connectivity index (χ2v) is 8.80. The lowest BCUT2D eigenvalue weighted by molar-refractivity contribution is -0.122. The number of halogens is 1. The maximum absolute atomic E-state index is 11.8. The first-order valence-electron chi connectivity index (χ1n) is 7.56. The Morgan fingerprint density at radius 2 is 2.05 bits per heavy atom. The molecule has 0 aromatic carbocycles.